The minimum Gasteiger partial charge on any atom is -0.457 e. The Kier molecular flexibility index (Phi) is 5.58. The average Bonchev–Trinajstić information content (AvgIpc) is 2.71. The third kappa shape index (κ3) is 4.51. The molecule has 2 aromatic carbocycles. The molecule has 3 atom stereocenters. The lowest BCUT2D eigenvalue weighted by Crippen LogP contribution is -2.65. The van der Waals surface area contributed by atoms with Crippen LogP contribution in [-0.2, 0) is 9.59 Å². The highest BCUT2D eigenvalue weighted by Crippen LogP contribution is 2.24. The number of benzene rings is 2. The maximum atomic E-state index is 12.4. The van der Waals surface area contributed by atoms with Crippen LogP contribution in [0.1, 0.15) is 32.1 Å². The number of ether oxygens (including phenoxy) is 1. The van der Waals surface area contributed by atoms with Gasteiger partial charge in [-0.1, -0.05) is 31.0 Å². The standard InChI is InChI=1S/C22H25N3O3/c26-21(14-20-22(27)25-19-9-5-4-8-18(19)24-20)23-15-10-12-17(13-11-15)28-16-6-2-1-3-7-16/h1-3,6-7,10-13,18-20,24H,4-5,8-9,14H2,(H,23,26)(H,25,27)/t18-,19+,20-/m1/s1. The van der Waals surface area contributed by atoms with E-state index in [1.807, 2.05) is 30.3 Å². The molecule has 0 spiro atoms. The summed E-state index contributed by atoms with van der Waals surface area (Å²) in [5.74, 6) is 1.19. The van der Waals surface area contributed by atoms with Crippen molar-refractivity contribution in [3.8, 4) is 11.5 Å². The number of piperazine rings is 1. The summed E-state index contributed by atoms with van der Waals surface area (Å²) in [6, 6.07) is 16.7. The summed E-state index contributed by atoms with van der Waals surface area (Å²) in [4.78, 5) is 24.7. The predicted octanol–water partition coefficient (Wildman–Crippen LogP) is 3.21. The summed E-state index contributed by atoms with van der Waals surface area (Å²) in [6.45, 7) is 0. The van der Waals surface area contributed by atoms with Crippen LogP contribution in [0.2, 0.25) is 0 Å². The molecule has 1 aliphatic heterocycles. The van der Waals surface area contributed by atoms with E-state index in [4.69, 9.17) is 4.74 Å². The average molecular weight is 379 g/mol. The first kappa shape index (κ1) is 18.5. The Bertz CT molecular complexity index is 823. The van der Waals surface area contributed by atoms with E-state index in [0.717, 1.165) is 25.0 Å². The van der Waals surface area contributed by atoms with Gasteiger partial charge in [-0.3, -0.25) is 9.59 Å². The van der Waals surface area contributed by atoms with E-state index in [9.17, 15) is 9.59 Å². The van der Waals surface area contributed by atoms with Crippen molar-refractivity contribution in [1.29, 1.82) is 0 Å². The van der Waals surface area contributed by atoms with Crippen molar-refractivity contribution < 1.29 is 14.3 Å². The zero-order valence-electron chi connectivity index (χ0n) is 15.7. The number of anilines is 1. The Hall–Kier alpha value is -2.86. The predicted molar refractivity (Wildman–Crippen MR) is 107 cm³/mol. The maximum absolute atomic E-state index is 12.4. The number of amides is 2. The fourth-order valence-corrected chi connectivity index (χ4v) is 3.90. The van der Waals surface area contributed by atoms with Crippen LogP contribution in [-0.4, -0.2) is 29.9 Å². The Morgan fingerprint density at radius 3 is 2.39 bits per heavy atom. The van der Waals surface area contributed by atoms with Gasteiger partial charge in [0.2, 0.25) is 11.8 Å². The second-order valence-electron chi connectivity index (χ2n) is 7.42. The molecule has 1 heterocycles. The molecule has 0 unspecified atom stereocenters. The number of hydrogen-bond acceptors (Lipinski definition) is 4. The minimum absolute atomic E-state index is 0.0788. The summed E-state index contributed by atoms with van der Waals surface area (Å²) < 4.78 is 5.75. The SMILES string of the molecule is O=C(C[C@H]1N[C@@H]2CCCC[C@@H]2NC1=O)Nc1ccc(Oc2ccccc2)cc1. The zero-order valence-corrected chi connectivity index (χ0v) is 15.7. The van der Waals surface area contributed by atoms with Gasteiger partial charge in [-0.15, -0.1) is 0 Å². The molecule has 0 aromatic heterocycles. The van der Waals surface area contributed by atoms with E-state index in [1.54, 1.807) is 24.3 Å². The largest absolute Gasteiger partial charge is 0.457 e. The molecular formula is C22H25N3O3. The van der Waals surface area contributed by atoms with Crippen LogP contribution in [0.25, 0.3) is 0 Å². The Morgan fingerprint density at radius 1 is 0.964 bits per heavy atom. The van der Waals surface area contributed by atoms with Crippen LogP contribution in [0.4, 0.5) is 5.69 Å². The second-order valence-corrected chi connectivity index (χ2v) is 7.42. The summed E-state index contributed by atoms with van der Waals surface area (Å²) in [7, 11) is 0. The van der Waals surface area contributed by atoms with Crippen LogP contribution in [0, 0.1) is 0 Å². The van der Waals surface area contributed by atoms with Gasteiger partial charge in [0, 0.05) is 17.8 Å². The molecule has 3 N–H and O–H groups in total. The molecule has 6 heteroatoms. The number of carbonyl (C=O) groups is 2. The maximum Gasteiger partial charge on any atom is 0.237 e. The number of hydrogen-bond donors (Lipinski definition) is 3. The quantitative estimate of drug-likeness (QED) is 0.745. The highest BCUT2D eigenvalue weighted by molar-refractivity contribution is 5.95. The third-order valence-corrected chi connectivity index (χ3v) is 5.33. The number of carbonyl (C=O) groups excluding carboxylic acids is 2. The summed E-state index contributed by atoms with van der Waals surface area (Å²) >= 11 is 0. The molecule has 146 valence electrons. The summed E-state index contributed by atoms with van der Waals surface area (Å²) in [5, 5.41) is 9.29. The molecule has 28 heavy (non-hydrogen) atoms. The van der Waals surface area contributed by atoms with Gasteiger partial charge in [0.1, 0.15) is 11.5 Å². The highest BCUT2D eigenvalue weighted by Gasteiger charge is 2.36. The smallest absolute Gasteiger partial charge is 0.237 e. The van der Waals surface area contributed by atoms with Crippen LogP contribution in [0.15, 0.2) is 54.6 Å². The zero-order chi connectivity index (χ0) is 19.3. The molecule has 2 aromatic rings. The van der Waals surface area contributed by atoms with Crippen molar-refractivity contribution in [2.45, 2.75) is 50.2 Å². The lowest BCUT2D eigenvalue weighted by Gasteiger charge is -2.40. The van der Waals surface area contributed by atoms with Crippen molar-refractivity contribution in [2.24, 2.45) is 0 Å². The fraction of sp³-hybridized carbons (Fsp3) is 0.364. The molecule has 1 aliphatic carbocycles. The first-order valence-electron chi connectivity index (χ1n) is 9.86. The fourth-order valence-electron chi connectivity index (χ4n) is 3.90. The van der Waals surface area contributed by atoms with Gasteiger partial charge in [0.15, 0.2) is 0 Å². The highest BCUT2D eigenvalue weighted by atomic mass is 16.5. The van der Waals surface area contributed by atoms with Crippen LogP contribution < -0.4 is 20.7 Å². The number of para-hydroxylation sites is 1. The molecule has 2 aliphatic rings. The molecular weight excluding hydrogens is 354 g/mol. The molecule has 0 radical (unpaired) electrons. The molecule has 0 bridgehead atoms. The van der Waals surface area contributed by atoms with Crippen molar-refractivity contribution >= 4 is 17.5 Å². The van der Waals surface area contributed by atoms with E-state index >= 15 is 0 Å². The van der Waals surface area contributed by atoms with Crippen molar-refractivity contribution in [3.63, 3.8) is 0 Å². The third-order valence-electron chi connectivity index (χ3n) is 5.33. The van der Waals surface area contributed by atoms with Gasteiger partial charge in [0.05, 0.1) is 12.5 Å². The van der Waals surface area contributed by atoms with E-state index in [-0.39, 0.29) is 30.3 Å². The Balaban J connectivity index is 1.30. The van der Waals surface area contributed by atoms with Gasteiger partial charge >= 0.3 is 0 Å². The van der Waals surface area contributed by atoms with Crippen molar-refractivity contribution in [2.75, 3.05) is 5.32 Å². The molecule has 1 saturated heterocycles. The normalized spacial score (nSPS) is 24.0. The van der Waals surface area contributed by atoms with E-state index in [2.05, 4.69) is 16.0 Å². The van der Waals surface area contributed by atoms with Crippen LogP contribution >= 0.6 is 0 Å². The van der Waals surface area contributed by atoms with Crippen molar-refractivity contribution in [3.05, 3.63) is 54.6 Å². The van der Waals surface area contributed by atoms with Gasteiger partial charge in [-0.25, -0.2) is 0 Å². The van der Waals surface area contributed by atoms with Crippen LogP contribution in [0.3, 0.4) is 0 Å². The van der Waals surface area contributed by atoms with Crippen molar-refractivity contribution in [1.82, 2.24) is 10.6 Å². The Labute approximate surface area is 164 Å². The Morgan fingerprint density at radius 2 is 1.64 bits per heavy atom. The molecule has 2 fully saturated rings. The second kappa shape index (κ2) is 8.44. The summed E-state index contributed by atoms with van der Waals surface area (Å²) in [5.41, 5.74) is 0.678. The van der Waals surface area contributed by atoms with Gasteiger partial charge in [0.25, 0.3) is 0 Å². The van der Waals surface area contributed by atoms with Crippen LogP contribution in [0.5, 0.6) is 11.5 Å². The first-order valence-corrected chi connectivity index (χ1v) is 9.86. The minimum atomic E-state index is -0.472. The molecule has 4 rings (SSSR count). The van der Waals surface area contributed by atoms with E-state index in [1.165, 1.54) is 6.42 Å². The van der Waals surface area contributed by atoms with Gasteiger partial charge in [-0.2, -0.15) is 0 Å². The summed E-state index contributed by atoms with van der Waals surface area (Å²) in [6.07, 6.45) is 4.50. The molecule has 2 amide bonds. The lowest BCUT2D eigenvalue weighted by molar-refractivity contribution is -0.129. The topological polar surface area (TPSA) is 79.5 Å². The number of nitrogens with one attached hydrogen (secondary N) is 3. The number of fused-ring (bicyclic) bond motifs is 1. The number of rotatable bonds is 5. The van der Waals surface area contributed by atoms with Gasteiger partial charge in [-0.05, 0) is 49.2 Å². The molecule has 6 nitrogen and oxygen atoms in total. The van der Waals surface area contributed by atoms with E-state index in [0.29, 0.717) is 11.4 Å². The lowest BCUT2D eigenvalue weighted by atomic mass is 9.87. The molecule has 1 saturated carbocycles. The van der Waals surface area contributed by atoms with E-state index < -0.39 is 6.04 Å². The monoisotopic (exact) mass is 379 g/mol. The first-order chi connectivity index (χ1) is 13.7. The van der Waals surface area contributed by atoms with Gasteiger partial charge < -0.3 is 20.7 Å².